The number of aryl methyl sites for hydroxylation is 4. The van der Waals surface area contributed by atoms with Gasteiger partial charge in [-0.25, -0.2) is 0 Å². The number of phenolic OH excluding ortho intramolecular Hbond substituents is 2. The van der Waals surface area contributed by atoms with Crippen molar-refractivity contribution in [1.82, 2.24) is 0 Å². The third kappa shape index (κ3) is 11.0. The van der Waals surface area contributed by atoms with E-state index in [1.165, 1.54) is 0 Å². The van der Waals surface area contributed by atoms with Gasteiger partial charge in [0, 0.05) is 54.0 Å². The first kappa shape index (κ1) is 45.3. The largest absolute Gasteiger partial charge is 0.507 e. The summed E-state index contributed by atoms with van der Waals surface area (Å²) in [5.74, 6) is 1.96. The van der Waals surface area contributed by atoms with Crippen LogP contribution < -0.4 is 9.05 Å². The molecule has 0 saturated carbocycles. The zero-order chi connectivity index (χ0) is 41.1. The molecule has 4 rings (SSSR count). The summed E-state index contributed by atoms with van der Waals surface area (Å²) in [7, 11) is 1.65. The average Bonchev–Trinajstić information content (AvgIpc) is 3.02. The Morgan fingerprint density at radius 1 is 0.481 bits per heavy atom. The average molecular weight is 777 g/mol. The zero-order valence-corrected chi connectivity index (χ0v) is 37.8. The number of phenols is 2. The topological polar surface area (TPSA) is 88.4 Å². The molecule has 0 bridgehead atoms. The van der Waals surface area contributed by atoms with Gasteiger partial charge >= 0.3 is 0 Å². The maximum Gasteiger partial charge on any atom is 0.275 e. The number of aromatic hydroxyl groups is 2. The first-order valence-corrected chi connectivity index (χ1v) is 20.0. The van der Waals surface area contributed by atoms with Gasteiger partial charge in [0.2, 0.25) is 0 Å². The van der Waals surface area contributed by atoms with E-state index >= 15 is 0 Å². The van der Waals surface area contributed by atoms with Crippen LogP contribution in [-0.2, 0) is 26.2 Å². The van der Waals surface area contributed by atoms with Crippen molar-refractivity contribution in [2.75, 3.05) is 13.2 Å². The summed E-state index contributed by atoms with van der Waals surface area (Å²) >= 11 is 0. The molecule has 0 saturated heterocycles. The lowest BCUT2D eigenvalue weighted by Gasteiger charge is -2.29. The van der Waals surface area contributed by atoms with E-state index in [9.17, 15) is 10.2 Å². The van der Waals surface area contributed by atoms with Crippen LogP contribution in [0.3, 0.4) is 0 Å². The fourth-order valence-electron chi connectivity index (χ4n) is 6.55. The van der Waals surface area contributed by atoms with Gasteiger partial charge in [0.1, 0.15) is 23.0 Å². The lowest BCUT2D eigenvalue weighted by molar-refractivity contribution is 0.220. The monoisotopic (exact) mass is 776 g/mol. The standard InChI is InChI=1S/C44H59O4P.C2H7O2P/c1-25-17-29(37(45)33(21-25)41(5,6)7)31-19-27(3)23-35(43(11,12)13)39(31)47-49-48-40-32(20-28(4)24-36(40)44(14,15)16)30-18-26(2)22-34(38(30)46)42(8,9)10;3-1-2-4-5/h17-24,45-46,49H,1-16H3;3H,1-2,5H2. The minimum Gasteiger partial charge on any atom is -0.507 e. The summed E-state index contributed by atoms with van der Waals surface area (Å²) in [6, 6.07) is 16.8. The lowest BCUT2D eigenvalue weighted by Crippen LogP contribution is -2.15. The number of aliphatic hydroxyl groups excluding tert-OH is 1. The maximum atomic E-state index is 11.7. The Bertz CT molecular complexity index is 1800. The Morgan fingerprint density at radius 2 is 0.759 bits per heavy atom. The third-order valence-corrected chi connectivity index (χ3v) is 10.1. The molecule has 4 aromatic carbocycles. The molecule has 4 aromatic rings. The van der Waals surface area contributed by atoms with Gasteiger partial charge in [-0.3, -0.25) is 0 Å². The summed E-state index contributed by atoms with van der Waals surface area (Å²) in [6.07, 6.45) is 0. The molecule has 1 unspecified atom stereocenters. The third-order valence-electron chi connectivity index (χ3n) is 9.28. The summed E-state index contributed by atoms with van der Waals surface area (Å²) in [5, 5.41) is 31.4. The van der Waals surface area contributed by atoms with Gasteiger partial charge in [0.15, 0.2) is 0 Å². The molecule has 1 atom stereocenters. The lowest BCUT2D eigenvalue weighted by atomic mass is 9.80. The number of rotatable bonds is 8. The molecule has 0 aliphatic carbocycles. The molecule has 8 heteroatoms. The van der Waals surface area contributed by atoms with Crippen molar-refractivity contribution in [2.45, 2.75) is 132 Å². The van der Waals surface area contributed by atoms with Gasteiger partial charge in [-0.05, 0) is 95.9 Å². The van der Waals surface area contributed by atoms with Gasteiger partial charge in [-0.1, -0.05) is 107 Å². The number of benzene rings is 4. The van der Waals surface area contributed by atoms with E-state index in [1.807, 2.05) is 21.6 Å². The molecular formula is C46H66O6P2. The molecule has 6 nitrogen and oxygen atoms in total. The number of hydrogen-bond acceptors (Lipinski definition) is 6. The van der Waals surface area contributed by atoms with Crippen LogP contribution in [0.5, 0.6) is 23.0 Å². The Morgan fingerprint density at radius 3 is 1.00 bits per heavy atom. The van der Waals surface area contributed by atoms with Gasteiger partial charge in [-0.2, -0.15) is 0 Å². The second-order valence-corrected chi connectivity index (χ2v) is 19.6. The van der Waals surface area contributed by atoms with E-state index in [1.54, 1.807) is 0 Å². The van der Waals surface area contributed by atoms with Gasteiger partial charge in [-0.15, -0.1) is 0 Å². The van der Waals surface area contributed by atoms with Crippen molar-refractivity contribution in [1.29, 1.82) is 0 Å². The summed E-state index contributed by atoms with van der Waals surface area (Å²) in [5.41, 5.74) is 10.5. The van der Waals surface area contributed by atoms with Crippen LogP contribution in [0.15, 0.2) is 48.5 Å². The van der Waals surface area contributed by atoms with Crippen LogP contribution in [0.2, 0.25) is 0 Å². The predicted octanol–water partition coefficient (Wildman–Crippen LogP) is 12.6. The molecule has 54 heavy (non-hydrogen) atoms. The predicted molar refractivity (Wildman–Crippen MR) is 233 cm³/mol. The highest BCUT2D eigenvalue weighted by Gasteiger charge is 2.30. The molecule has 0 spiro atoms. The highest BCUT2D eigenvalue weighted by molar-refractivity contribution is 7.27. The molecule has 0 fully saturated rings. The normalized spacial score (nSPS) is 12.3. The molecule has 0 aliphatic heterocycles. The van der Waals surface area contributed by atoms with Crippen molar-refractivity contribution in [3.05, 3.63) is 93.0 Å². The molecule has 0 aliphatic rings. The quantitative estimate of drug-likeness (QED) is 0.154. The number of aliphatic hydroxyl groups is 1. The minimum atomic E-state index is -0.388. The van der Waals surface area contributed by atoms with E-state index in [0.29, 0.717) is 18.1 Å². The highest BCUT2D eigenvalue weighted by Crippen LogP contribution is 2.51. The molecule has 0 aromatic heterocycles. The summed E-state index contributed by atoms with van der Waals surface area (Å²) in [6.45, 7) is 34.7. The number of hydrogen-bond donors (Lipinski definition) is 3. The summed E-state index contributed by atoms with van der Waals surface area (Å²) in [4.78, 5) is 0. The van der Waals surface area contributed by atoms with Gasteiger partial charge in [0.25, 0.3) is 9.03 Å². The van der Waals surface area contributed by atoms with Crippen LogP contribution in [0.4, 0.5) is 0 Å². The van der Waals surface area contributed by atoms with Crippen LogP contribution >= 0.6 is 18.5 Å². The fourth-order valence-corrected chi connectivity index (χ4v) is 7.30. The van der Waals surface area contributed by atoms with Crippen molar-refractivity contribution < 1.29 is 28.9 Å². The maximum absolute atomic E-state index is 11.7. The van der Waals surface area contributed by atoms with Crippen LogP contribution in [-0.4, -0.2) is 28.5 Å². The fraction of sp³-hybridized carbons (Fsp3) is 0.478. The van der Waals surface area contributed by atoms with Crippen LogP contribution in [0, 0.1) is 27.7 Å². The van der Waals surface area contributed by atoms with Crippen molar-refractivity contribution >= 4 is 18.5 Å². The van der Waals surface area contributed by atoms with E-state index in [-0.39, 0.29) is 48.8 Å². The highest BCUT2D eigenvalue weighted by atomic mass is 31.1. The molecule has 0 amide bonds. The van der Waals surface area contributed by atoms with E-state index in [2.05, 4.69) is 152 Å². The first-order valence-electron chi connectivity index (χ1n) is 18.7. The minimum absolute atomic E-state index is 0.101. The molecule has 296 valence electrons. The SMILES string of the molecule is Cc1cc(-c2cc(C)cc(C(C)(C)C)c2OPOc2c(-c3cc(C)cc(C(C)(C)C)c3O)cc(C)cc2C(C)(C)C)c(O)c(C(C)(C)C)c1.OCCOP. The van der Waals surface area contributed by atoms with Crippen molar-refractivity contribution in [2.24, 2.45) is 0 Å². The Balaban J connectivity index is 0.00000147. The smallest absolute Gasteiger partial charge is 0.275 e. The van der Waals surface area contributed by atoms with Gasteiger partial charge < -0.3 is 28.9 Å². The summed E-state index contributed by atoms with van der Waals surface area (Å²) < 4.78 is 17.9. The van der Waals surface area contributed by atoms with E-state index in [0.717, 1.165) is 66.8 Å². The van der Waals surface area contributed by atoms with Crippen molar-refractivity contribution in [3.8, 4) is 45.3 Å². The van der Waals surface area contributed by atoms with Crippen LogP contribution in [0.25, 0.3) is 22.3 Å². The first-order chi connectivity index (χ1) is 24.7. The van der Waals surface area contributed by atoms with E-state index in [4.69, 9.17) is 14.2 Å². The second-order valence-electron chi connectivity index (χ2n) is 18.7. The zero-order valence-electron chi connectivity index (χ0n) is 35.7. The molecule has 0 heterocycles. The van der Waals surface area contributed by atoms with Crippen molar-refractivity contribution in [3.63, 3.8) is 0 Å². The molecular weight excluding hydrogens is 710 g/mol. The Hall–Kier alpha value is -3.14. The van der Waals surface area contributed by atoms with Gasteiger partial charge in [0.05, 0.1) is 13.2 Å². The van der Waals surface area contributed by atoms with E-state index < -0.39 is 0 Å². The van der Waals surface area contributed by atoms with Crippen LogP contribution in [0.1, 0.15) is 128 Å². The Labute approximate surface area is 330 Å². The molecule has 0 radical (unpaired) electrons. The Kier molecular flexibility index (Phi) is 14.5. The second kappa shape index (κ2) is 17.3. The molecule has 3 N–H and O–H groups in total.